The Labute approximate surface area is 178 Å². The van der Waals surface area contributed by atoms with Gasteiger partial charge in [0.25, 0.3) is 11.1 Å². The van der Waals surface area contributed by atoms with E-state index in [9.17, 15) is 14.4 Å². The van der Waals surface area contributed by atoms with Gasteiger partial charge in [0.05, 0.1) is 37.3 Å². The molecule has 0 aliphatic carbocycles. The van der Waals surface area contributed by atoms with Crippen molar-refractivity contribution in [1.82, 2.24) is 4.90 Å². The molecule has 0 bridgehead atoms. The third kappa shape index (κ3) is 4.33. The first kappa shape index (κ1) is 21.0. The fraction of sp³-hybridized carbons (Fsp3) is 0.211. The van der Waals surface area contributed by atoms with Crippen molar-refractivity contribution in [1.29, 1.82) is 0 Å². The number of hydrogen-bond donors (Lipinski definition) is 0. The number of esters is 1. The van der Waals surface area contributed by atoms with Crippen molar-refractivity contribution in [3.8, 4) is 11.5 Å². The first-order valence-electron chi connectivity index (χ1n) is 8.21. The number of rotatable bonds is 6. The van der Waals surface area contributed by atoms with Crippen LogP contribution in [-0.2, 0) is 16.1 Å². The summed E-state index contributed by atoms with van der Waals surface area (Å²) in [5, 5.41) is -0.441. The summed E-state index contributed by atoms with van der Waals surface area (Å²) in [6.45, 7) is -0.0948. The van der Waals surface area contributed by atoms with Gasteiger partial charge in [-0.25, -0.2) is 4.79 Å². The molecular formula is C19H16BrNO7S. The van der Waals surface area contributed by atoms with Gasteiger partial charge >= 0.3 is 5.97 Å². The van der Waals surface area contributed by atoms with Crippen molar-refractivity contribution in [2.45, 2.75) is 6.54 Å². The first-order valence-corrected chi connectivity index (χ1v) is 9.82. The quantitative estimate of drug-likeness (QED) is 0.449. The fourth-order valence-corrected chi connectivity index (χ4v) is 3.95. The Morgan fingerprint density at radius 3 is 2.55 bits per heavy atom. The first-order chi connectivity index (χ1) is 13.9. The molecule has 0 atom stereocenters. The highest BCUT2D eigenvalue weighted by Gasteiger charge is 2.36. The predicted molar refractivity (Wildman–Crippen MR) is 109 cm³/mol. The standard InChI is InChI=1S/C19H16BrNO7S/c1-25-14-8-15(26-2)12(20)6-10(14)7-16-17(22)21(19(24)29-16)9-11-4-5-13(28-11)18(23)27-3/h4-8H,9H2,1-3H3. The predicted octanol–water partition coefficient (Wildman–Crippen LogP) is 4.08. The molecule has 0 spiro atoms. The van der Waals surface area contributed by atoms with Crippen molar-refractivity contribution in [2.24, 2.45) is 0 Å². The third-order valence-electron chi connectivity index (χ3n) is 4.03. The van der Waals surface area contributed by atoms with Crippen molar-refractivity contribution in [3.05, 3.63) is 50.7 Å². The topological polar surface area (TPSA) is 95.3 Å². The van der Waals surface area contributed by atoms with E-state index in [1.807, 2.05) is 0 Å². The number of carbonyl (C=O) groups excluding carboxylic acids is 3. The van der Waals surface area contributed by atoms with Gasteiger partial charge in [0, 0.05) is 11.6 Å². The molecule has 0 N–H and O–H groups in total. The second kappa shape index (κ2) is 8.75. The summed E-state index contributed by atoms with van der Waals surface area (Å²) in [6, 6.07) is 6.36. The van der Waals surface area contributed by atoms with E-state index in [1.54, 1.807) is 18.2 Å². The molecule has 2 aromatic rings. The molecule has 0 radical (unpaired) electrons. The van der Waals surface area contributed by atoms with E-state index >= 15 is 0 Å². The average molecular weight is 482 g/mol. The molecule has 0 unspecified atom stereocenters. The summed E-state index contributed by atoms with van der Waals surface area (Å²) >= 11 is 4.21. The van der Waals surface area contributed by atoms with Gasteiger partial charge < -0.3 is 18.6 Å². The highest BCUT2D eigenvalue weighted by atomic mass is 79.9. The van der Waals surface area contributed by atoms with E-state index in [4.69, 9.17) is 13.9 Å². The number of nitrogens with zero attached hydrogens (tertiary/aromatic N) is 1. The van der Waals surface area contributed by atoms with Crippen molar-refractivity contribution in [3.63, 3.8) is 0 Å². The Bertz CT molecular complexity index is 1010. The normalized spacial score (nSPS) is 15.2. The van der Waals surface area contributed by atoms with E-state index in [2.05, 4.69) is 20.7 Å². The number of ether oxygens (including phenoxy) is 3. The van der Waals surface area contributed by atoms with Crippen LogP contribution in [0.3, 0.4) is 0 Å². The van der Waals surface area contributed by atoms with Crippen LogP contribution in [0.15, 0.2) is 38.1 Å². The number of thioether (sulfide) groups is 1. The Morgan fingerprint density at radius 1 is 1.17 bits per heavy atom. The molecule has 1 aliphatic rings. The SMILES string of the molecule is COC(=O)c1ccc(CN2C(=O)SC(=Cc3cc(Br)c(OC)cc3OC)C2=O)o1. The summed E-state index contributed by atoms with van der Waals surface area (Å²) in [5.41, 5.74) is 0.608. The lowest BCUT2D eigenvalue weighted by Gasteiger charge is -2.11. The molecule has 10 heteroatoms. The Hall–Kier alpha value is -2.72. The molecule has 0 saturated carbocycles. The molecule has 2 heterocycles. The smallest absolute Gasteiger partial charge is 0.373 e. The van der Waals surface area contributed by atoms with E-state index in [0.29, 0.717) is 27.3 Å². The van der Waals surface area contributed by atoms with Crippen molar-refractivity contribution in [2.75, 3.05) is 21.3 Å². The highest BCUT2D eigenvalue weighted by Crippen LogP contribution is 2.38. The highest BCUT2D eigenvalue weighted by molar-refractivity contribution is 9.10. The van der Waals surface area contributed by atoms with E-state index in [0.717, 1.165) is 16.7 Å². The van der Waals surface area contributed by atoms with Gasteiger partial charge in [0.1, 0.15) is 17.3 Å². The zero-order valence-electron chi connectivity index (χ0n) is 15.7. The minimum Gasteiger partial charge on any atom is -0.496 e. The summed E-state index contributed by atoms with van der Waals surface area (Å²) < 4.78 is 21.2. The van der Waals surface area contributed by atoms with Crippen LogP contribution in [0, 0.1) is 0 Å². The number of furan rings is 1. The van der Waals surface area contributed by atoms with Gasteiger partial charge in [-0.05, 0) is 52.0 Å². The monoisotopic (exact) mass is 481 g/mol. The number of benzene rings is 1. The number of hydrogen-bond acceptors (Lipinski definition) is 8. The number of amides is 2. The van der Waals surface area contributed by atoms with Crippen molar-refractivity contribution < 1.29 is 33.0 Å². The number of methoxy groups -OCH3 is 3. The Kier molecular flexibility index (Phi) is 6.33. The van der Waals surface area contributed by atoms with Crippen LogP contribution in [0.4, 0.5) is 4.79 Å². The second-order valence-electron chi connectivity index (χ2n) is 5.75. The Morgan fingerprint density at radius 2 is 1.90 bits per heavy atom. The summed E-state index contributed by atoms with van der Waals surface area (Å²) in [5.74, 6) is 0.251. The molecule has 1 fully saturated rings. The zero-order valence-corrected chi connectivity index (χ0v) is 18.1. The summed E-state index contributed by atoms with van der Waals surface area (Å²) in [6.07, 6.45) is 1.58. The molecule has 8 nitrogen and oxygen atoms in total. The molecule has 1 saturated heterocycles. The summed E-state index contributed by atoms with van der Waals surface area (Å²) in [7, 11) is 4.27. The van der Waals surface area contributed by atoms with Crippen LogP contribution >= 0.6 is 27.7 Å². The van der Waals surface area contributed by atoms with E-state index < -0.39 is 17.1 Å². The molecule has 1 aromatic carbocycles. The van der Waals surface area contributed by atoms with E-state index in [-0.39, 0.29) is 17.2 Å². The van der Waals surface area contributed by atoms with Crippen molar-refractivity contribution >= 4 is 50.9 Å². The second-order valence-corrected chi connectivity index (χ2v) is 7.60. The zero-order chi connectivity index (χ0) is 21.1. The number of carbonyl (C=O) groups is 3. The van der Waals surface area contributed by atoms with Crippen LogP contribution in [0.1, 0.15) is 21.9 Å². The van der Waals surface area contributed by atoms with Crippen LogP contribution < -0.4 is 9.47 Å². The molecular weight excluding hydrogens is 466 g/mol. The van der Waals surface area contributed by atoms with Gasteiger partial charge in [-0.3, -0.25) is 14.5 Å². The van der Waals surface area contributed by atoms with E-state index in [1.165, 1.54) is 33.5 Å². The lowest BCUT2D eigenvalue weighted by atomic mass is 10.1. The molecule has 1 aliphatic heterocycles. The maximum Gasteiger partial charge on any atom is 0.373 e. The van der Waals surface area contributed by atoms with Crippen LogP contribution in [0.2, 0.25) is 0 Å². The van der Waals surface area contributed by atoms with Gasteiger partial charge in [-0.1, -0.05) is 0 Å². The molecule has 3 rings (SSSR count). The maximum absolute atomic E-state index is 12.7. The maximum atomic E-state index is 12.7. The summed E-state index contributed by atoms with van der Waals surface area (Å²) in [4.78, 5) is 37.8. The lowest BCUT2D eigenvalue weighted by Crippen LogP contribution is -2.27. The van der Waals surface area contributed by atoms with Crippen LogP contribution in [-0.4, -0.2) is 43.3 Å². The fourth-order valence-electron chi connectivity index (χ4n) is 2.60. The van der Waals surface area contributed by atoms with Crippen LogP contribution in [0.25, 0.3) is 6.08 Å². The van der Waals surface area contributed by atoms with Crippen LogP contribution in [0.5, 0.6) is 11.5 Å². The van der Waals surface area contributed by atoms with Gasteiger partial charge in [-0.15, -0.1) is 0 Å². The lowest BCUT2D eigenvalue weighted by molar-refractivity contribution is -0.123. The third-order valence-corrected chi connectivity index (χ3v) is 5.55. The molecule has 152 valence electrons. The molecule has 1 aromatic heterocycles. The largest absolute Gasteiger partial charge is 0.496 e. The molecule has 2 amide bonds. The number of imide groups is 1. The Balaban J connectivity index is 1.84. The minimum absolute atomic E-state index is 0.00201. The number of halogens is 1. The van der Waals surface area contributed by atoms with Gasteiger partial charge in [0.2, 0.25) is 5.76 Å². The van der Waals surface area contributed by atoms with Gasteiger partial charge in [0.15, 0.2) is 0 Å². The average Bonchev–Trinajstić information content (AvgIpc) is 3.28. The minimum atomic E-state index is -0.637. The molecule has 29 heavy (non-hydrogen) atoms. The van der Waals surface area contributed by atoms with Gasteiger partial charge in [-0.2, -0.15) is 0 Å².